The Bertz CT molecular complexity index is 871. The Morgan fingerprint density at radius 1 is 1.20 bits per heavy atom. The first-order chi connectivity index (χ1) is 11.9. The summed E-state index contributed by atoms with van der Waals surface area (Å²) < 4.78 is 34.2. The molecule has 2 aliphatic rings. The van der Waals surface area contributed by atoms with Crippen LogP contribution in [-0.2, 0) is 14.8 Å². The molecule has 2 fully saturated rings. The van der Waals surface area contributed by atoms with E-state index in [9.17, 15) is 8.42 Å². The molecule has 4 rings (SSSR count). The quantitative estimate of drug-likeness (QED) is 0.822. The number of nitrogens with zero attached hydrogens (tertiary/aromatic N) is 2. The average molecular weight is 379 g/mol. The molecule has 1 aromatic heterocycles. The molecule has 0 bridgehead atoms. The molecule has 2 aliphatic heterocycles. The van der Waals surface area contributed by atoms with Crippen LogP contribution in [0.25, 0.3) is 0 Å². The predicted molar refractivity (Wildman–Crippen MR) is 97.1 cm³/mol. The summed E-state index contributed by atoms with van der Waals surface area (Å²) in [6.07, 6.45) is 1.80. The summed E-state index contributed by atoms with van der Waals surface area (Å²) in [5, 5.41) is 0.786. The van der Waals surface area contributed by atoms with Crippen molar-refractivity contribution in [3.05, 3.63) is 46.6 Å². The van der Waals surface area contributed by atoms with Gasteiger partial charge in [-0.25, -0.2) is 13.4 Å². The van der Waals surface area contributed by atoms with Crippen molar-refractivity contribution < 1.29 is 13.2 Å². The Hall–Kier alpha value is -1.28. The Kier molecular flexibility index (Phi) is 4.22. The second-order valence-corrected chi connectivity index (χ2v) is 10.2. The van der Waals surface area contributed by atoms with E-state index in [1.807, 2.05) is 37.3 Å². The summed E-state index contributed by atoms with van der Waals surface area (Å²) in [7, 11) is -3.54. The van der Waals surface area contributed by atoms with E-state index >= 15 is 0 Å². The molecule has 0 unspecified atom stereocenters. The van der Waals surface area contributed by atoms with Crippen molar-refractivity contribution in [1.29, 1.82) is 0 Å². The normalized spacial score (nSPS) is 23.5. The first-order valence-electron chi connectivity index (χ1n) is 8.53. The Morgan fingerprint density at radius 3 is 2.48 bits per heavy atom. The third-order valence-electron chi connectivity index (χ3n) is 5.35. The van der Waals surface area contributed by atoms with Crippen LogP contribution in [0.5, 0.6) is 0 Å². The lowest BCUT2D eigenvalue weighted by molar-refractivity contribution is -0.0951. The maximum absolute atomic E-state index is 13.3. The van der Waals surface area contributed by atoms with Crippen LogP contribution in [0.2, 0.25) is 0 Å². The van der Waals surface area contributed by atoms with Crippen LogP contribution in [0, 0.1) is 19.3 Å². The summed E-state index contributed by atoms with van der Waals surface area (Å²) in [5.74, 6) is 0. The minimum Gasteiger partial charge on any atom is -0.381 e. The van der Waals surface area contributed by atoms with Crippen molar-refractivity contribution in [1.82, 2.24) is 9.29 Å². The Labute approximate surface area is 152 Å². The van der Waals surface area contributed by atoms with E-state index in [1.54, 1.807) is 11.2 Å². The zero-order valence-corrected chi connectivity index (χ0v) is 16.1. The summed E-state index contributed by atoms with van der Waals surface area (Å²) >= 11 is 1.27. The molecule has 3 heterocycles. The maximum atomic E-state index is 13.3. The van der Waals surface area contributed by atoms with Gasteiger partial charge in [-0.2, -0.15) is 4.31 Å². The third-order valence-corrected chi connectivity index (χ3v) is 8.82. The van der Waals surface area contributed by atoms with Crippen molar-refractivity contribution in [3.8, 4) is 0 Å². The highest BCUT2D eigenvalue weighted by Gasteiger charge is 2.58. The second kappa shape index (κ2) is 6.16. The van der Waals surface area contributed by atoms with Crippen molar-refractivity contribution in [2.75, 3.05) is 19.8 Å². The highest BCUT2D eigenvalue weighted by atomic mass is 32.2. The molecule has 2 saturated heterocycles. The number of rotatable bonds is 3. The predicted octanol–water partition coefficient (Wildman–Crippen LogP) is 3.30. The zero-order chi connectivity index (χ0) is 17.7. The lowest BCUT2D eigenvalue weighted by Gasteiger charge is -2.58. The highest BCUT2D eigenvalue weighted by Crippen LogP contribution is 2.56. The molecule has 1 spiro atoms. The minimum absolute atomic E-state index is 0.0136. The smallest absolute Gasteiger partial charge is 0.255 e. The summed E-state index contributed by atoms with van der Waals surface area (Å²) in [6, 6.07) is 9.88. The number of hydrogen-bond acceptors (Lipinski definition) is 5. The number of ether oxygens (including phenoxy) is 1. The van der Waals surface area contributed by atoms with Gasteiger partial charge in [0.1, 0.15) is 0 Å². The fraction of sp³-hybridized carbons (Fsp3) is 0.500. The molecule has 0 radical (unpaired) electrons. The maximum Gasteiger partial charge on any atom is 0.255 e. The molecule has 2 aromatic rings. The molecule has 0 saturated carbocycles. The first-order valence-corrected chi connectivity index (χ1v) is 10.8. The number of aryl methyl sites for hydroxylation is 2. The highest BCUT2D eigenvalue weighted by molar-refractivity contribution is 7.91. The lowest BCUT2D eigenvalue weighted by atomic mass is 9.65. The van der Waals surface area contributed by atoms with Gasteiger partial charge in [-0.3, -0.25) is 0 Å². The van der Waals surface area contributed by atoms with Gasteiger partial charge in [0.15, 0.2) is 4.21 Å². The summed E-state index contributed by atoms with van der Waals surface area (Å²) in [5.41, 5.74) is 1.65. The molecule has 0 N–H and O–H groups in total. The van der Waals surface area contributed by atoms with E-state index in [0.717, 1.165) is 23.4 Å². The molecular weight excluding hydrogens is 356 g/mol. The molecule has 25 heavy (non-hydrogen) atoms. The largest absolute Gasteiger partial charge is 0.381 e. The number of hydrogen-bond donors (Lipinski definition) is 0. The molecule has 1 atom stereocenters. The standard InChI is InChI=1S/C18H22N2O3S2/c1-13-17(24-14(2)19-13)25(21,22)20-12-18(8-10-23-11-9-18)16(20)15-6-4-3-5-7-15/h3-7,16H,8-12H2,1-2H3/t16-/m1/s1. The van der Waals surface area contributed by atoms with Crippen molar-refractivity contribution >= 4 is 21.4 Å². The first kappa shape index (κ1) is 17.1. The van der Waals surface area contributed by atoms with Gasteiger partial charge in [0, 0.05) is 25.2 Å². The van der Waals surface area contributed by atoms with Crippen molar-refractivity contribution in [3.63, 3.8) is 0 Å². The van der Waals surface area contributed by atoms with Crippen LogP contribution >= 0.6 is 11.3 Å². The van der Waals surface area contributed by atoms with Crippen LogP contribution in [-0.4, -0.2) is 37.5 Å². The number of sulfonamides is 1. The number of aromatic nitrogens is 1. The van der Waals surface area contributed by atoms with Crippen LogP contribution < -0.4 is 0 Å². The van der Waals surface area contributed by atoms with Gasteiger partial charge < -0.3 is 4.74 Å². The lowest BCUT2D eigenvalue weighted by Crippen LogP contribution is -2.62. The number of benzene rings is 1. The molecule has 5 nitrogen and oxygen atoms in total. The van der Waals surface area contributed by atoms with E-state index in [-0.39, 0.29) is 11.5 Å². The molecule has 0 amide bonds. The fourth-order valence-corrected chi connectivity index (χ4v) is 7.52. The van der Waals surface area contributed by atoms with E-state index in [1.165, 1.54) is 11.3 Å². The van der Waals surface area contributed by atoms with E-state index in [0.29, 0.717) is 29.7 Å². The van der Waals surface area contributed by atoms with Gasteiger partial charge in [0.05, 0.1) is 16.7 Å². The SMILES string of the molecule is Cc1nc(C)c(S(=O)(=O)N2CC3(CCOCC3)[C@H]2c2ccccc2)s1. The molecule has 0 aliphatic carbocycles. The topological polar surface area (TPSA) is 59.5 Å². The molecule has 1 aromatic carbocycles. The molecule has 134 valence electrons. The average Bonchev–Trinajstić information content (AvgIpc) is 2.94. The van der Waals surface area contributed by atoms with Crippen LogP contribution in [0.1, 0.15) is 35.1 Å². The second-order valence-electron chi connectivity index (χ2n) is 6.94. The van der Waals surface area contributed by atoms with Crippen LogP contribution in [0.3, 0.4) is 0 Å². The van der Waals surface area contributed by atoms with Gasteiger partial charge in [0.25, 0.3) is 10.0 Å². The molecular formula is C18H22N2O3S2. The molecule has 7 heteroatoms. The fourth-order valence-electron chi connectivity index (χ4n) is 4.13. The number of thiazole rings is 1. The van der Waals surface area contributed by atoms with Crippen molar-refractivity contribution in [2.45, 2.75) is 36.9 Å². The summed E-state index contributed by atoms with van der Waals surface area (Å²) in [6.45, 7) is 5.60. The van der Waals surface area contributed by atoms with Gasteiger partial charge in [0.2, 0.25) is 0 Å². The van der Waals surface area contributed by atoms with Gasteiger partial charge >= 0.3 is 0 Å². The third kappa shape index (κ3) is 2.73. The summed E-state index contributed by atoms with van der Waals surface area (Å²) in [4.78, 5) is 4.31. The van der Waals surface area contributed by atoms with Gasteiger partial charge in [-0.15, -0.1) is 11.3 Å². The van der Waals surface area contributed by atoms with E-state index in [2.05, 4.69) is 4.98 Å². The van der Waals surface area contributed by atoms with Gasteiger partial charge in [-0.05, 0) is 32.3 Å². The monoisotopic (exact) mass is 378 g/mol. The Balaban J connectivity index is 1.75. The van der Waals surface area contributed by atoms with Gasteiger partial charge in [-0.1, -0.05) is 30.3 Å². The van der Waals surface area contributed by atoms with Crippen LogP contribution in [0.15, 0.2) is 34.5 Å². The Morgan fingerprint density at radius 2 is 1.88 bits per heavy atom. The minimum atomic E-state index is -3.54. The van der Waals surface area contributed by atoms with Crippen molar-refractivity contribution in [2.24, 2.45) is 5.41 Å². The zero-order valence-electron chi connectivity index (χ0n) is 14.4. The van der Waals surface area contributed by atoms with Crippen LogP contribution in [0.4, 0.5) is 0 Å². The van der Waals surface area contributed by atoms with E-state index in [4.69, 9.17) is 4.74 Å². The van der Waals surface area contributed by atoms with E-state index < -0.39 is 10.0 Å².